The van der Waals surface area contributed by atoms with Crippen LogP contribution in [0.4, 0.5) is 15.8 Å². The number of aryl methyl sites for hydroxylation is 1. The van der Waals surface area contributed by atoms with Crippen LogP contribution in [-0.4, -0.2) is 12.3 Å². The molecule has 0 radical (unpaired) electrons. The highest BCUT2D eigenvalue weighted by Gasteiger charge is 2.20. The van der Waals surface area contributed by atoms with Crippen molar-refractivity contribution in [1.29, 1.82) is 0 Å². The van der Waals surface area contributed by atoms with Gasteiger partial charge in [-0.05, 0) is 49.6 Å². The Balaban J connectivity index is 2.04. The first kappa shape index (κ1) is 12.9. The Morgan fingerprint density at radius 3 is 2.70 bits per heavy atom. The number of ketones is 1. The summed E-state index contributed by atoms with van der Waals surface area (Å²) in [5.74, 6) is -0.455. The average molecular weight is 269 g/mol. The summed E-state index contributed by atoms with van der Waals surface area (Å²) in [6.07, 6.45) is 2.03. The lowest BCUT2D eigenvalue weighted by Crippen LogP contribution is -2.25. The summed E-state index contributed by atoms with van der Waals surface area (Å²) in [4.78, 5) is 13.3. The molecule has 2 aromatic rings. The van der Waals surface area contributed by atoms with Gasteiger partial charge >= 0.3 is 0 Å². The number of hydrogen-bond donors (Lipinski definition) is 0. The van der Waals surface area contributed by atoms with Gasteiger partial charge in [0.2, 0.25) is 0 Å². The van der Waals surface area contributed by atoms with Gasteiger partial charge in [0.15, 0.2) is 5.78 Å². The molecule has 2 nitrogen and oxygen atoms in total. The Morgan fingerprint density at radius 2 is 1.95 bits per heavy atom. The van der Waals surface area contributed by atoms with Crippen LogP contribution in [0.5, 0.6) is 0 Å². The summed E-state index contributed by atoms with van der Waals surface area (Å²) in [6.45, 7) is 2.25. The molecule has 3 rings (SSSR count). The highest BCUT2D eigenvalue weighted by atomic mass is 19.1. The van der Waals surface area contributed by atoms with Gasteiger partial charge in [-0.1, -0.05) is 18.2 Å². The Morgan fingerprint density at radius 1 is 1.15 bits per heavy atom. The molecule has 1 heterocycles. The van der Waals surface area contributed by atoms with Crippen LogP contribution in [0, 0.1) is 5.82 Å². The predicted molar refractivity (Wildman–Crippen MR) is 78.2 cm³/mol. The zero-order valence-corrected chi connectivity index (χ0v) is 11.4. The van der Waals surface area contributed by atoms with Crippen molar-refractivity contribution < 1.29 is 9.18 Å². The van der Waals surface area contributed by atoms with E-state index in [0.717, 1.165) is 25.1 Å². The minimum Gasteiger partial charge on any atom is -0.339 e. The molecule has 0 spiro atoms. The molecule has 2 aromatic carbocycles. The van der Waals surface area contributed by atoms with E-state index in [2.05, 4.69) is 6.07 Å². The molecule has 1 aliphatic heterocycles. The van der Waals surface area contributed by atoms with Crippen LogP contribution in [0.1, 0.15) is 29.3 Å². The number of halogens is 1. The van der Waals surface area contributed by atoms with Crippen LogP contribution in [0.25, 0.3) is 0 Å². The van der Waals surface area contributed by atoms with E-state index in [1.165, 1.54) is 18.6 Å². The summed E-state index contributed by atoms with van der Waals surface area (Å²) in [5, 5.41) is 0. The van der Waals surface area contributed by atoms with E-state index in [1.54, 1.807) is 12.1 Å². The third kappa shape index (κ3) is 2.20. The Bertz CT molecular complexity index is 666. The van der Waals surface area contributed by atoms with Gasteiger partial charge in [-0.25, -0.2) is 4.39 Å². The molecular formula is C17H16FNO. The van der Waals surface area contributed by atoms with Crippen LogP contribution in [0.3, 0.4) is 0 Å². The molecule has 0 bridgehead atoms. The molecule has 0 aliphatic carbocycles. The Kier molecular flexibility index (Phi) is 3.26. The highest BCUT2D eigenvalue weighted by molar-refractivity contribution is 5.94. The first-order chi connectivity index (χ1) is 9.66. The fourth-order valence-electron chi connectivity index (χ4n) is 2.73. The first-order valence-corrected chi connectivity index (χ1v) is 6.83. The van der Waals surface area contributed by atoms with E-state index in [-0.39, 0.29) is 11.6 Å². The smallest absolute Gasteiger partial charge is 0.159 e. The van der Waals surface area contributed by atoms with E-state index >= 15 is 0 Å². The van der Waals surface area contributed by atoms with Crippen molar-refractivity contribution in [3.8, 4) is 0 Å². The normalized spacial score (nSPS) is 14.0. The van der Waals surface area contributed by atoms with Gasteiger partial charge in [-0.3, -0.25) is 4.79 Å². The number of fused-ring (bicyclic) bond motifs is 1. The topological polar surface area (TPSA) is 20.3 Å². The molecule has 0 fully saturated rings. The van der Waals surface area contributed by atoms with Gasteiger partial charge < -0.3 is 4.90 Å². The Hall–Kier alpha value is -2.16. The number of Topliss-reactive ketones (excluding diaryl/α,β-unsaturated/α-hetero) is 1. The summed E-state index contributed by atoms with van der Waals surface area (Å²) >= 11 is 0. The number of nitrogens with zero attached hydrogens (tertiary/aromatic N) is 1. The molecule has 0 saturated carbocycles. The molecule has 3 heteroatoms. The van der Waals surface area contributed by atoms with Gasteiger partial charge in [0, 0.05) is 17.8 Å². The van der Waals surface area contributed by atoms with Crippen LogP contribution in [-0.2, 0) is 6.42 Å². The molecule has 0 unspecified atom stereocenters. The zero-order valence-electron chi connectivity index (χ0n) is 11.4. The number of para-hydroxylation sites is 1. The quantitative estimate of drug-likeness (QED) is 0.765. The van der Waals surface area contributed by atoms with Crippen molar-refractivity contribution in [3.63, 3.8) is 0 Å². The van der Waals surface area contributed by atoms with Crippen LogP contribution in [0.2, 0.25) is 0 Å². The van der Waals surface area contributed by atoms with Gasteiger partial charge in [-0.15, -0.1) is 0 Å². The maximum absolute atomic E-state index is 14.3. The van der Waals surface area contributed by atoms with E-state index in [4.69, 9.17) is 0 Å². The van der Waals surface area contributed by atoms with Crippen molar-refractivity contribution in [2.75, 3.05) is 11.4 Å². The molecule has 20 heavy (non-hydrogen) atoms. The lowest BCUT2D eigenvalue weighted by molar-refractivity contribution is 0.101. The van der Waals surface area contributed by atoms with Gasteiger partial charge in [0.05, 0.1) is 5.69 Å². The number of anilines is 2. The molecule has 0 saturated heterocycles. The number of rotatable bonds is 2. The molecule has 0 aromatic heterocycles. The van der Waals surface area contributed by atoms with E-state index in [0.29, 0.717) is 11.3 Å². The molecule has 0 atom stereocenters. The highest BCUT2D eigenvalue weighted by Crippen LogP contribution is 2.34. The third-order valence-electron chi connectivity index (χ3n) is 3.76. The fourth-order valence-corrected chi connectivity index (χ4v) is 2.73. The van der Waals surface area contributed by atoms with E-state index in [1.807, 2.05) is 23.1 Å². The number of carbonyl (C=O) groups excluding carboxylic acids is 1. The van der Waals surface area contributed by atoms with Gasteiger partial charge in [0.25, 0.3) is 0 Å². The van der Waals surface area contributed by atoms with Gasteiger partial charge in [0.1, 0.15) is 5.82 Å². The van der Waals surface area contributed by atoms with Crippen LogP contribution < -0.4 is 4.90 Å². The van der Waals surface area contributed by atoms with Gasteiger partial charge in [-0.2, -0.15) is 0 Å². The SMILES string of the molecule is CC(=O)c1ccc(N2CCCc3ccccc32)c(F)c1. The maximum Gasteiger partial charge on any atom is 0.159 e. The van der Waals surface area contributed by atoms with Crippen molar-refractivity contribution in [1.82, 2.24) is 0 Å². The summed E-state index contributed by atoms with van der Waals surface area (Å²) in [5.41, 5.74) is 3.26. The van der Waals surface area contributed by atoms with E-state index in [9.17, 15) is 9.18 Å². The zero-order chi connectivity index (χ0) is 14.1. The second kappa shape index (κ2) is 5.08. The number of benzene rings is 2. The number of hydrogen-bond acceptors (Lipinski definition) is 2. The maximum atomic E-state index is 14.3. The van der Waals surface area contributed by atoms with Crippen molar-refractivity contribution in [2.45, 2.75) is 19.8 Å². The molecule has 0 N–H and O–H groups in total. The lowest BCUT2D eigenvalue weighted by Gasteiger charge is -2.31. The van der Waals surface area contributed by atoms with Crippen LogP contribution in [0.15, 0.2) is 42.5 Å². The number of carbonyl (C=O) groups is 1. The standard InChI is InChI=1S/C17H16FNO/c1-12(20)14-8-9-17(15(18)11-14)19-10-4-6-13-5-2-3-7-16(13)19/h2-3,5,7-9,11H,4,6,10H2,1H3. The van der Waals surface area contributed by atoms with E-state index < -0.39 is 0 Å². The summed E-state index contributed by atoms with van der Waals surface area (Å²) < 4.78 is 14.3. The largest absolute Gasteiger partial charge is 0.339 e. The Labute approximate surface area is 117 Å². The lowest BCUT2D eigenvalue weighted by atomic mass is 10.0. The average Bonchev–Trinajstić information content (AvgIpc) is 2.46. The first-order valence-electron chi connectivity index (χ1n) is 6.83. The van der Waals surface area contributed by atoms with Crippen molar-refractivity contribution >= 4 is 17.2 Å². The summed E-state index contributed by atoms with van der Waals surface area (Å²) in [6, 6.07) is 12.8. The molecular weight excluding hydrogens is 253 g/mol. The molecule has 102 valence electrons. The minimum absolute atomic E-state index is 0.116. The summed E-state index contributed by atoms with van der Waals surface area (Å²) in [7, 11) is 0. The molecule has 0 amide bonds. The fraction of sp³-hybridized carbons (Fsp3) is 0.235. The molecule has 1 aliphatic rings. The second-order valence-corrected chi connectivity index (χ2v) is 5.11. The predicted octanol–water partition coefficient (Wildman–Crippen LogP) is 4.11. The van der Waals surface area contributed by atoms with Crippen molar-refractivity contribution in [2.24, 2.45) is 0 Å². The second-order valence-electron chi connectivity index (χ2n) is 5.11. The minimum atomic E-state index is -0.339. The van der Waals surface area contributed by atoms with Crippen molar-refractivity contribution in [3.05, 3.63) is 59.4 Å². The third-order valence-corrected chi connectivity index (χ3v) is 3.76. The monoisotopic (exact) mass is 269 g/mol. The van der Waals surface area contributed by atoms with Crippen LogP contribution >= 0.6 is 0 Å².